The van der Waals surface area contributed by atoms with E-state index >= 15 is 0 Å². The Kier molecular flexibility index (Phi) is 3.70. The fraction of sp³-hybridized carbons (Fsp3) is 0.375. The summed E-state index contributed by atoms with van der Waals surface area (Å²) < 4.78 is 5.25. The second-order valence-electron chi connectivity index (χ2n) is 2.80. The van der Waals surface area contributed by atoms with Crippen LogP contribution in [-0.2, 0) is 0 Å². The van der Waals surface area contributed by atoms with Crippen LogP contribution in [0.3, 0.4) is 0 Å². The highest BCUT2D eigenvalue weighted by Gasteiger charge is 2.09. The Hall–Kier alpha value is -1.90. The maximum atomic E-state index is 5.25. The summed E-state index contributed by atoms with van der Waals surface area (Å²) in [6.45, 7) is 2.37. The molecule has 0 amide bonds. The van der Waals surface area contributed by atoms with Gasteiger partial charge in [0.05, 0.1) is 6.61 Å². The molecule has 0 spiro atoms. The Balaban J connectivity index is 2.23. The van der Waals surface area contributed by atoms with Gasteiger partial charge in [0, 0.05) is 7.05 Å². The average Bonchev–Trinajstić information content (AvgIpc) is 2.82. The van der Waals surface area contributed by atoms with Crippen LogP contribution in [0.2, 0.25) is 0 Å². The number of aromatic nitrogens is 6. The van der Waals surface area contributed by atoms with Gasteiger partial charge < -0.3 is 10.1 Å². The lowest BCUT2D eigenvalue weighted by Crippen LogP contribution is -2.04. The largest absolute Gasteiger partial charge is 0.464 e. The van der Waals surface area contributed by atoms with Crippen molar-refractivity contribution in [1.29, 1.82) is 0 Å². The monoisotopic (exact) mass is 253 g/mol. The van der Waals surface area contributed by atoms with E-state index in [1.807, 2.05) is 6.92 Å². The van der Waals surface area contributed by atoms with E-state index < -0.39 is 0 Å². The van der Waals surface area contributed by atoms with Crippen LogP contribution in [0, 0.1) is 0 Å². The van der Waals surface area contributed by atoms with Crippen LogP contribution in [0.5, 0.6) is 6.01 Å². The van der Waals surface area contributed by atoms with Crippen molar-refractivity contribution in [3.05, 3.63) is 6.33 Å². The van der Waals surface area contributed by atoms with Gasteiger partial charge in [0.25, 0.3) is 0 Å². The molecule has 0 atom stereocenters. The Morgan fingerprint density at radius 3 is 2.94 bits per heavy atom. The zero-order chi connectivity index (χ0) is 12.1. The average molecular weight is 253 g/mol. The second kappa shape index (κ2) is 5.43. The van der Waals surface area contributed by atoms with Gasteiger partial charge in [-0.3, -0.25) is 5.10 Å². The molecule has 0 saturated carbocycles. The number of nitrogens with one attached hydrogen (secondary N) is 2. The predicted octanol–water partition coefficient (Wildman–Crippen LogP) is 0.581. The van der Waals surface area contributed by atoms with Gasteiger partial charge in [-0.05, 0) is 18.7 Å². The molecule has 0 aliphatic carbocycles. The van der Waals surface area contributed by atoms with Crippen molar-refractivity contribution in [2.75, 3.05) is 19.0 Å². The molecule has 2 aromatic rings. The molecule has 2 aromatic heterocycles. The van der Waals surface area contributed by atoms with Crippen molar-refractivity contribution < 1.29 is 4.74 Å². The number of anilines is 1. The number of aromatic amines is 1. The molecular formula is C8H11N7OS. The highest BCUT2D eigenvalue weighted by atomic mass is 32.2. The first kappa shape index (κ1) is 11.6. The van der Waals surface area contributed by atoms with Crippen molar-refractivity contribution in [3.8, 4) is 6.01 Å². The fourth-order valence-corrected chi connectivity index (χ4v) is 1.65. The normalized spacial score (nSPS) is 10.2. The summed E-state index contributed by atoms with van der Waals surface area (Å²) in [5.74, 6) is 0.450. The zero-order valence-electron chi connectivity index (χ0n) is 9.34. The molecule has 0 aromatic carbocycles. The first-order valence-electron chi connectivity index (χ1n) is 4.91. The van der Waals surface area contributed by atoms with Gasteiger partial charge in [-0.25, -0.2) is 4.98 Å². The molecule has 17 heavy (non-hydrogen) atoms. The minimum Gasteiger partial charge on any atom is -0.464 e. The zero-order valence-corrected chi connectivity index (χ0v) is 10.2. The predicted molar refractivity (Wildman–Crippen MR) is 61.0 cm³/mol. The Morgan fingerprint density at radius 2 is 2.29 bits per heavy atom. The standard InChI is InChI=1S/C8H11N7OS/c1-3-16-6-12-5(9-2)13-8(14-6)17-7-10-4-11-15-7/h4H,3H2,1-2H3,(H,10,11,15)(H,9,12,13,14). The van der Waals surface area contributed by atoms with Crippen LogP contribution >= 0.6 is 11.8 Å². The maximum absolute atomic E-state index is 5.25. The van der Waals surface area contributed by atoms with Crippen LogP contribution in [-0.4, -0.2) is 43.8 Å². The van der Waals surface area contributed by atoms with Crippen molar-refractivity contribution in [2.24, 2.45) is 0 Å². The first-order chi connectivity index (χ1) is 8.31. The Labute approximate surface area is 102 Å². The van der Waals surface area contributed by atoms with Crippen molar-refractivity contribution in [2.45, 2.75) is 17.2 Å². The lowest BCUT2D eigenvalue weighted by molar-refractivity contribution is 0.308. The van der Waals surface area contributed by atoms with Crippen LogP contribution < -0.4 is 10.1 Å². The van der Waals surface area contributed by atoms with E-state index in [-0.39, 0.29) is 6.01 Å². The minimum absolute atomic E-state index is 0.286. The lowest BCUT2D eigenvalue weighted by Gasteiger charge is -2.05. The number of hydrogen-bond donors (Lipinski definition) is 2. The maximum Gasteiger partial charge on any atom is 0.322 e. The Bertz CT molecular complexity index is 475. The number of nitrogens with zero attached hydrogens (tertiary/aromatic N) is 5. The first-order valence-corrected chi connectivity index (χ1v) is 5.73. The van der Waals surface area contributed by atoms with E-state index in [0.29, 0.717) is 22.9 Å². The summed E-state index contributed by atoms with van der Waals surface area (Å²) in [6.07, 6.45) is 1.42. The van der Waals surface area contributed by atoms with Gasteiger partial charge in [-0.2, -0.15) is 20.1 Å². The van der Waals surface area contributed by atoms with E-state index in [9.17, 15) is 0 Å². The van der Waals surface area contributed by atoms with Crippen LogP contribution in [0.4, 0.5) is 5.95 Å². The molecule has 0 fully saturated rings. The van der Waals surface area contributed by atoms with Gasteiger partial charge in [-0.1, -0.05) is 0 Å². The molecule has 0 radical (unpaired) electrons. The second-order valence-corrected chi connectivity index (χ2v) is 3.76. The summed E-state index contributed by atoms with van der Waals surface area (Å²) in [6, 6.07) is 0.286. The molecule has 2 heterocycles. The molecule has 0 unspecified atom stereocenters. The molecular weight excluding hydrogens is 242 g/mol. The third-order valence-electron chi connectivity index (χ3n) is 1.67. The molecule has 90 valence electrons. The summed E-state index contributed by atoms with van der Waals surface area (Å²) in [5, 5.41) is 10.4. The van der Waals surface area contributed by atoms with Gasteiger partial charge in [0.15, 0.2) is 5.16 Å². The van der Waals surface area contributed by atoms with Crippen LogP contribution in [0.15, 0.2) is 16.6 Å². The minimum atomic E-state index is 0.286. The topological polar surface area (TPSA) is 101 Å². The highest BCUT2D eigenvalue weighted by Crippen LogP contribution is 2.22. The van der Waals surface area contributed by atoms with Gasteiger partial charge in [0.1, 0.15) is 6.33 Å². The smallest absolute Gasteiger partial charge is 0.322 e. The van der Waals surface area contributed by atoms with Crippen molar-refractivity contribution in [3.63, 3.8) is 0 Å². The van der Waals surface area contributed by atoms with E-state index in [1.165, 1.54) is 18.1 Å². The number of rotatable bonds is 5. The molecule has 0 saturated heterocycles. The van der Waals surface area contributed by atoms with E-state index in [2.05, 4.69) is 35.5 Å². The van der Waals surface area contributed by atoms with Gasteiger partial charge in [0.2, 0.25) is 11.1 Å². The number of H-pyrrole nitrogens is 1. The van der Waals surface area contributed by atoms with Crippen molar-refractivity contribution in [1.82, 2.24) is 30.1 Å². The van der Waals surface area contributed by atoms with E-state index in [0.717, 1.165) is 0 Å². The molecule has 0 aliphatic rings. The lowest BCUT2D eigenvalue weighted by atomic mass is 10.8. The van der Waals surface area contributed by atoms with Crippen LogP contribution in [0.25, 0.3) is 0 Å². The molecule has 2 N–H and O–H groups in total. The molecule has 2 rings (SSSR count). The van der Waals surface area contributed by atoms with E-state index in [4.69, 9.17) is 4.74 Å². The SMILES string of the molecule is CCOc1nc(NC)nc(Sc2ncn[nH]2)n1. The molecule has 9 heteroatoms. The van der Waals surface area contributed by atoms with Gasteiger partial charge >= 0.3 is 6.01 Å². The summed E-state index contributed by atoms with van der Waals surface area (Å²) >= 11 is 1.25. The molecule has 8 nitrogen and oxygen atoms in total. The van der Waals surface area contributed by atoms with Crippen molar-refractivity contribution >= 4 is 17.7 Å². The number of ether oxygens (including phenoxy) is 1. The molecule has 0 aliphatic heterocycles. The van der Waals surface area contributed by atoms with Crippen LogP contribution in [0.1, 0.15) is 6.92 Å². The summed E-state index contributed by atoms with van der Waals surface area (Å²) in [7, 11) is 1.73. The third-order valence-corrected chi connectivity index (χ3v) is 2.43. The summed E-state index contributed by atoms with van der Waals surface area (Å²) in [5.41, 5.74) is 0. The highest BCUT2D eigenvalue weighted by molar-refractivity contribution is 7.99. The Morgan fingerprint density at radius 1 is 1.41 bits per heavy atom. The summed E-state index contributed by atoms with van der Waals surface area (Å²) in [4.78, 5) is 16.3. The number of hydrogen-bond acceptors (Lipinski definition) is 8. The fourth-order valence-electron chi connectivity index (χ4n) is 1.02. The third kappa shape index (κ3) is 3.03. The quantitative estimate of drug-likeness (QED) is 0.798. The van der Waals surface area contributed by atoms with Gasteiger partial charge in [-0.15, -0.1) is 0 Å². The molecule has 0 bridgehead atoms. The van der Waals surface area contributed by atoms with E-state index in [1.54, 1.807) is 7.05 Å².